The average Bonchev–Trinajstić information content (AvgIpc) is 2.58. The Bertz CT molecular complexity index is 300. The third kappa shape index (κ3) is 6.61. The van der Waals surface area contributed by atoms with Crippen molar-refractivity contribution in [2.75, 3.05) is 7.11 Å². The fraction of sp³-hybridized carbons (Fsp3) is 0.636. The number of unbranched alkanes of at least 4 members (excludes halogenated alkanes) is 2. The first-order valence-electron chi connectivity index (χ1n) is 5.31. The summed E-state index contributed by atoms with van der Waals surface area (Å²) in [5, 5.41) is 0. The number of aryl methyl sites for hydroxylation is 2. The molecule has 0 saturated heterocycles. The van der Waals surface area contributed by atoms with E-state index in [1.165, 1.54) is 26.4 Å². The molecule has 4 nitrogen and oxygen atoms in total. The van der Waals surface area contributed by atoms with Gasteiger partial charge >= 0.3 is 0 Å². The van der Waals surface area contributed by atoms with E-state index in [9.17, 15) is 0 Å². The van der Waals surface area contributed by atoms with Crippen LogP contribution in [0.3, 0.4) is 0 Å². The van der Waals surface area contributed by atoms with Crippen molar-refractivity contribution in [1.82, 2.24) is 9.55 Å². The third-order valence-corrected chi connectivity index (χ3v) is 2.58. The topological polar surface area (TPSA) is 44.1 Å². The summed E-state index contributed by atoms with van der Waals surface area (Å²) in [6.45, 7) is 5.69. The van der Waals surface area contributed by atoms with Gasteiger partial charge in [-0.1, -0.05) is 19.8 Å². The molecule has 5 heteroatoms. The largest absolute Gasteiger partial charge is 0.471 e. The number of imidazole rings is 1. The molecule has 1 aromatic rings. The number of hydrogen-bond acceptors (Lipinski definition) is 3. The van der Waals surface area contributed by atoms with E-state index in [1.807, 2.05) is 6.92 Å². The van der Waals surface area contributed by atoms with Crippen molar-refractivity contribution < 1.29 is 9.53 Å². The number of rotatable bonds is 5. The van der Waals surface area contributed by atoms with Crippen molar-refractivity contribution in [3.63, 3.8) is 0 Å². The second kappa shape index (κ2) is 9.39. The summed E-state index contributed by atoms with van der Waals surface area (Å²) in [5.41, 5.74) is 1.08. The number of aromatic nitrogens is 2. The zero-order valence-corrected chi connectivity index (χ0v) is 11.7. The maximum absolute atomic E-state index is 8.95. The van der Waals surface area contributed by atoms with E-state index in [2.05, 4.69) is 43.3 Å². The van der Waals surface area contributed by atoms with Gasteiger partial charge in [-0.15, -0.1) is 0 Å². The van der Waals surface area contributed by atoms with Crippen LogP contribution >= 0.6 is 15.9 Å². The molecule has 0 spiro atoms. The van der Waals surface area contributed by atoms with Crippen molar-refractivity contribution in [1.29, 1.82) is 0 Å². The van der Waals surface area contributed by atoms with E-state index in [4.69, 9.17) is 4.79 Å². The Labute approximate surface area is 105 Å². The first kappa shape index (κ1) is 15.2. The van der Waals surface area contributed by atoms with Crippen LogP contribution in [0.5, 0.6) is 0 Å². The summed E-state index contributed by atoms with van der Waals surface area (Å²) in [5.74, 6) is 0. The van der Waals surface area contributed by atoms with Crippen molar-refractivity contribution in [3.8, 4) is 0 Å². The van der Waals surface area contributed by atoms with Crippen molar-refractivity contribution >= 4 is 22.4 Å². The predicted octanol–water partition coefficient (Wildman–Crippen LogP) is 2.93. The molecule has 0 saturated carbocycles. The van der Waals surface area contributed by atoms with Crippen LogP contribution in [0.25, 0.3) is 0 Å². The van der Waals surface area contributed by atoms with Gasteiger partial charge in [-0.05, 0) is 29.3 Å². The van der Waals surface area contributed by atoms with Gasteiger partial charge in [0.1, 0.15) is 0 Å². The molecular formula is C11H19BrN2O2. The Kier molecular flexibility index (Phi) is 8.90. The summed E-state index contributed by atoms with van der Waals surface area (Å²) in [4.78, 5) is 13.2. The number of ether oxygens (including phenoxy) is 1. The number of halogens is 1. The van der Waals surface area contributed by atoms with E-state index in [0.717, 1.165) is 17.0 Å². The second-order valence-electron chi connectivity index (χ2n) is 3.38. The molecule has 0 aliphatic heterocycles. The minimum Gasteiger partial charge on any atom is -0.471 e. The van der Waals surface area contributed by atoms with Crippen LogP contribution in [0.2, 0.25) is 0 Å². The molecule has 0 aromatic carbocycles. The molecule has 0 amide bonds. The highest BCUT2D eigenvalue weighted by Crippen LogP contribution is 2.11. The fourth-order valence-electron chi connectivity index (χ4n) is 1.21. The third-order valence-electron chi connectivity index (χ3n) is 1.95. The minimum atomic E-state index is 0.375. The zero-order valence-electron chi connectivity index (χ0n) is 10.1. The van der Waals surface area contributed by atoms with E-state index < -0.39 is 0 Å². The Balaban J connectivity index is 0.000000487. The van der Waals surface area contributed by atoms with E-state index in [1.54, 1.807) is 0 Å². The lowest BCUT2D eigenvalue weighted by molar-refractivity contribution is -0.126. The van der Waals surface area contributed by atoms with Gasteiger partial charge in [0.25, 0.3) is 6.47 Å². The van der Waals surface area contributed by atoms with Crippen LogP contribution in [0, 0.1) is 6.92 Å². The molecule has 92 valence electrons. The van der Waals surface area contributed by atoms with Gasteiger partial charge in [0, 0.05) is 12.7 Å². The standard InChI is InChI=1S/C9H15BrN2.C2H4O2/c1-3-4-5-6-12-7-8(2)11-9(12)10;1-4-2-3/h7H,3-6H2,1-2H3;2H,1H3. The van der Waals surface area contributed by atoms with Crippen LogP contribution < -0.4 is 0 Å². The van der Waals surface area contributed by atoms with Gasteiger partial charge in [0.05, 0.1) is 12.8 Å². The lowest BCUT2D eigenvalue weighted by Crippen LogP contribution is -1.96. The van der Waals surface area contributed by atoms with Gasteiger partial charge < -0.3 is 9.30 Å². The maximum Gasteiger partial charge on any atom is 0.292 e. The summed E-state index contributed by atoms with van der Waals surface area (Å²) in [6, 6.07) is 0. The molecular weight excluding hydrogens is 272 g/mol. The number of nitrogens with zero attached hydrogens (tertiary/aromatic N) is 2. The lowest BCUT2D eigenvalue weighted by Gasteiger charge is -2.01. The number of hydrogen-bond donors (Lipinski definition) is 0. The van der Waals surface area contributed by atoms with Gasteiger partial charge in [-0.25, -0.2) is 4.98 Å². The maximum atomic E-state index is 8.95. The quantitative estimate of drug-likeness (QED) is 0.619. The van der Waals surface area contributed by atoms with Gasteiger partial charge in [0.15, 0.2) is 4.73 Å². The predicted molar refractivity (Wildman–Crippen MR) is 67.3 cm³/mol. The smallest absolute Gasteiger partial charge is 0.292 e. The molecule has 0 bridgehead atoms. The van der Waals surface area contributed by atoms with Crippen molar-refractivity contribution in [2.24, 2.45) is 0 Å². The molecule has 0 radical (unpaired) electrons. The van der Waals surface area contributed by atoms with E-state index in [-0.39, 0.29) is 0 Å². The van der Waals surface area contributed by atoms with Gasteiger partial charge in [0.2, 0.25) is 0 Å². The van der Waals surface area contributed by atoms with E-state index in [0.29, 0.717) is 6.47 Å². The van der Waals surface area contributed by atoms with Crippen molar-refractivity contribution in [3.05, 3.63) is 16.6 Å². The molecule has 1 aromatic heterocycles. The summed E-state index contributed by atoms with van der Waals surface area (Å²) < 4.78 is 6.97. The Morgan fingerprint density at radius 2 is 2.19 bits per heavy atom. The molecule has 0 N–H and O–H groups in total. The van der Waals surface area contributed by atoms with Gasteiger partial charge in [-0.2, -0.15) is 0 Å². The molecule has 0 unspecified atom stereocenters. The van der Waals surface area contributed by atoms with Crippen molar-refractivity contribution in [2.45, 2.75) is 39.7 Å². The first-order valence-corrected chi connectivity index (χ1v) is 6.10. The highest BCUT2D eigenvalue weighted by molar-refractivity contribution is 9.10. The summed E-state index contributed by atoms with van der Waals surface area (Å²) in [7, 11) is 1.31. The monoisotopic (exact) mass is 290 g/mol. The van der Waals surface area contributed by atoms with Crippen LogP contribution in [-0.4, -0.2) is 23.1 Å². The minimum absolute atomic E-state index is 0.375. The van der Waals surface area contributed by atoms with Crippen LogP contribution in [0.1, 0.15) is 31.9 Å². The summed E-state index contributed by atoms with van der Waals surface area (Å²) in [6.07, 6.45) is 5.89. The SMILES string of the molecule is CCCCCn1cc(C)nc1Br.COC=O. The molecule has 0 aliphatic rings. The normalized spacial score (nSPS) is 9.25. The Morgan fingerprint density at radius 1 is 1.56 bits per heavy atom. The number of carbonyl (C=O) groups is 1. The van der Waals surface area contributed by atoms with Crippen LogP contribution in [-0.2, 0) is 16.1 Å². The number of carbonyl (C=O) groups excluding carboxylic acids is 1. The highest BCUT2D eigenvalue weighted by atomic mass is 79.9. The second-order valence-corrected chi connectivity index (χ2v) is 4.09. The molecule has 0 atom stereocenters. The molecule has 1 rings (SSSR count). The highest BCUT2D eigenvalue weighted by Gasteiger charge is 2.00. The molecule has 16 heavy (non-hydrogen) atoms. The zero-order chi connectivity index (χ0) is 12.4. The average molecular weight is 291 g/mol. The van der Waals surface area contributed by atoms with Gasteiger partial charge in [-0.3, -0.25) is 4.79 Å². The molecule has 1 heterocycles. The Hall–Kier alpha value is -0.840. The van der Waals surface area contributed by atoms with E-state index >= 15 is 0 Å². The van der Waals surface area contributed by atoms with Crippen LogP contribution in [0.15, 0.2) is 10.9 Å². The molecule has 0 fully saturated rings. The number of methoxy groups -OCH3 is 1. The summed E-state index contributed by atoms with van der Waals surface area (Å²) >= 11 is 3.42. The fourth-order valence-corrected chi connectivity index (χ4v) is 1.77. The van der Waals surface area contributed by atoms with Crippen LogP contribution in [0.4, 0.5) is 0 Å². The lowest BCUT2D eigenvalue weighted by atomic mass is 10.2. The molecule has 0 aliphatic carbocycles. The Morgan fingerprint density at radius 3 is 2.56 bits per heavy atom. The first-order chi connectivity index (χ1) is 7.65.